The topological polar surface area (TPSA) is 98.5 Å². The molecule has 4 N–H and O–H groups in total. The maximum absolute atomic E-state index is 10.5. The minimum Gasteiger partial charge on any atom is -0.366 e. The largest absolute Gasteiger partial charge is 0.366 e. The Morgan fingerprint density at radius 1 is 1.36 bits per heavy atom. The highest BCUT2D eigenvalue weighted by Gasteiger charge is 2.17. The van der Waals surface area contributed by atoms with Crippen molar-refractivity contribution in [3.05, 3.63) is 11.8 Å². The number of carbonyl (C=O) groups excluding carboxylic acids is 2. The van der Waals surface area contributed by atoms with Crippen LogP contribution in [0.5, 0.6) is 0 Å². The van der Waals surface area contributed by atoms with Crippen molar-refractivity contribution in [1.29, 1.82) is 0 Å². The van der Waals surface area contributed by atoms with Crippen molar-refractivity contribution in [3.63, 3.8) is 0 Å². The van der Waals surface area contributed by atoms with Crippen LogP contribution in [-0.4, -0.2) is 17.5 Å². The summed E-state index contributed by atoms with van der Waals surface area (Å²) in [6.45, 7) is 0. The molecule has 0 aromatic rings. The van der Waals surface area contributed by atoms with E-state index in [2.05, 4.69) is 4.99 Å². The molecule has 5 nitrogen and oxygen atoms in total. The third-order valence-electron chi connectivity index (χ3n) is 1.34. The average Bonchev–Trinajstić information content (AvgIpc) is 2.33. The third-order valence-corrected chi connectivity index (χ3v) is 1.34. The summed E-state index contributed by atoms with van der Waals surface area (Å²) in [4.78, 5) is 24.6. The lowest BCUT2D eigenvalue weighted by Gasteiger charge is -1.93. The first kappa shape index (κ1) is 7.46. The lowest BCUT2D eigenvalue weighted by atomic mass is 10.1. The Morgan fingerprint density at radius 3 is 2.27 bits per heavy atom. The quantitative estimate of drug-likeness (QED) is 0.514. The minimum atomic E-state index is -0.613. The normalized spacial score (nSPS) is 15.6. The van der Waals surface area contributed by atoms with Gasteiger partial charge in [-0.25, -0.2) is 0 Å². The number of hydrogen-bond donors (Lipinski definition) is 2. The average molecular weight is 153 g/mol. The Balaban J connectivity index is 2.66. The first-order chi connectivity index (χ1) is 5.11. The van der Waals surface area contributed by atoms with Gasteiger partial charge in [0.15, 0.2) is 0 Å². The molecule has 0 spiro atoms. The Bertz CT molecular complexity index is 250. The molecule has 0 unspecified atom stereocenters. The molecule has 0 aromatic carbocycles. The number of aliphatic imine (C=N–C) groups is 1. The molecule has 0 saturated heterocycles. The van der Waals surface area contributed by atoms with Crippen molar-refractivity contribution in [3.8, 4) is 0 Å². The summed E-state index contributed by atoms with van der Waals surface area (Å²) in [5.41, 5.74) is 10.3. The van der Waals surface area contributed by atoms with Gasteiger partial charge in [0, 0.05) is 18.2 Å². The Kier molecular flexibility index (Phi) is 1.72. The zero-order valence-electron chi connectivity index (χ0n) is 5.70. The van der Waals surface area contributed by atoms with Crippen LogP contribution in [0.1, 0.15) is 6.42 Å². The second-order valence-corrected chi connectivity index (χ2v) is 2.14. The zero-order chi connectivity index (χ0) is 8.43. The van der Waals surface area contributed by atoms with Gasteiger partial charge in [0.2, 0.25) is 5.91 Å². The summed E-state index contributed by atoms with van der Waals surface area (Å²) >= 11 is 0. The highest BCUT2D eigenvalue weighted by atomic mass is 16.1. The van der Waals surface area contributed by atoms with E-state index in [1.165, 1.54) is 6.20 Å². The molecule has 1 aliphatic heterocycles. The predicted octanol–water partition coefficient (Wildman–Crippen LogP) is -1.31. The van der Waals surface area contributed by atoms with E-state index in [4.69, 9.17) is 11.5 Å². The van der Waals surface area contributed by atoms with Crippen LogP contribution in [0.2, 0.25) is 0 Å². The number of carbonyl (C=O) groups is 2. The Hall–Kier alpha value is -1.65. The lowest BCUT2D eigenvalue weighted by molar-refractivity contribution is -0.114. The van der Waals surface area contributed by atoms with Gasteiger partial charge in [-0.15, -0.1) is 0 Å². The van der Waals surface area contributed by atoms with Crippen LogP contribution >= 0.6 is 0 Å². The van der Waals surface area contributed by atoms with E-state index in [-0.39, 0.29) is 12.1 Å². The van der Waals surface area contributed by atoms with Crippen LogP contribution in [0, 0.1) is 0 Å². The molecule has 5 heteroatoms. The number of rotatable bonds is 2. The van der Waals surface area contributed by atoms with Crippen molar-refractivity contribution in [2.45, 2.75) is 6.42 Å². The molecular formula is C6H7N3O2. The van der Waals surface area contributed by atoms with E-state index >= 15 is 0 Å². The molecule has 0 bridgehead atoms. The third kappa shape index (κ3) is 1.43. The van der Waals surface area contributed by atoms with Gasteiger partial charge in [0.25, 0.3) is 5.91 Å². The van der Waals surface area contributed by atoms with Gasteiger partial charge in [-0.3, -0.25) is 14.6 Å². The smallest absolute Gasteiger partial charge is 0.263 e. The van der Waals surface area contributed by atoms with Gasteiger partial charge in [0.1, 0.15) is 5.71 Å². The number of nitrogens with two attached hydrogens (primary N) is 2. The molecule has 0 atom stereocenters. The van der Waals surface area contributed by atoms with Gasteiger partial charge >= 0.3 is 0 Å². The zero-order valence-corrected chi connectivity index (χ0v) is 5.70. The molecular weight excluding hydrogens is 146 g/mol. The second-order valence-electron chi connectivity index (χ2n) is 2.14. The van der Waals surface area contributed by atoms with E-state index in [0.717, 1.165) is 0 Å². The summed E-state index contributed by atoms with van der Waals surface area (Å²) in [7, 11) is 0. The standard InChI is InChI=1S/C6H7N3O2/c7-5(10)3-1-4(6(8)11)9-2-3/h2H,1H2,(H2,7,10)(H2,8,11). The van der Waals surface area contributed by atoms with Crippen molar-refractivity contribution in [2.75, 3.05) is 0 Å². The summed E-state index contributed by atoms with van der Waals surface area (Å²) < 4.78 is 0. The van der Waals surface area contributed by atoms with Gasteiger partial charge < -0.3 is 11.5 Å². The Morgan fingerprint density at radius 2 is 2.00 bits per heavy atom. The van der Waals surface area contributed by atoms with Crippen molar-refractivity contribution >= 4 is 17.5 Å². The summed E-state index contributed by atoms with van der Waals surface area (Å²) in [5.74, 6) is -1.18. The predicted molar refractivity (Wildman–Crippen MR) is 38.5 cm³/mol. The van der Waals surface area contributed by atoms with Crippen molar-refractivity contribution < 1.29 is 9.59 Å². The monoisotopic (exact) mass is 153 g/mol. The summed E-state index contributed by atoms with van der Waals surface area (Å²) in [6.07, 6.45) is 1.42. The molecule has 58 valence electrons. The number of hydrogen-bond acceptors (Lipinski definition) is 3. The molecule has 0 aromatic heterocycles. The van der Waals surface area contributed by atoms with Gasteiger partial charge in [-0.05, 0) is 0 Å². The van der Waals surface area contributed by atoms with Crippen LogP contribution in [0.25, 0.3) is 0 Å². The lowest BCUT2D eigenvalue weighted by Crippen LogP contribution is -2.23. The molecule has 0 fully saturated rings. The van der Waals surface area contributed by atoms with E-state index in [9.17, 15) is 9.59 Å². The number of nitrogens with zero attached hydrogens (tertiary/aromatic N) is 1. The summed E-state index contributed by atoms with van der Waals surface area (Å²) in [6, 6.07) is 0. The number of amides is 2. The number of primary amides is 2. The highest BCUT2D eigenvalue weighted by molar-refractivity contribution is 6.40. The van der Waals surface area contributed by atoms with Gasteiger partial charge in [-0.2, -0.15) is 0 Å². The maximum Gasteiger partial charge on any atom is 0.263 e. The SMILES string of the molecule is NC(=O)C1=CN=C(C(N)=O)C1. The molecule has 0 saturated carbocycles. The molecule has 2 amide bonds. The highest BCUT2D eigenvalue weighted by Crippen LogP contribution is 2.09. The second kappa shape index (κ2) is 2.53. The minimum absolute atomic E-state index is 0.157. The van der Waals surface area contributed by atoms with E-state index < -0.39 is 11.8 Å². The van der Waals surface area contributed by atoms with Crippen LogP contribution in [-0.2, 0) is 9.59 Å². The fraction of sp³-hybridized carbons (Fsp3) is 0.167. The van der Waals surface area contributed by atoms with Crippen LogP contribution in [0.15, 0.2) is 16.8 Å². The Labute approximate surface area is 62.8 Å². The first-order valence-corrected chi connectivity index (χ1v) is 2.96. The fourth-order valence-electron chi connectivity index (χ4n) is 0.729. The fourth-order valence-corrected chi connectivity index (χ4v) is 0.729. The summed E-state index contributed by atoms with van der Waals surface area (Å²) in [5, 5.41) is 0. The van der Waals surface area contributed by atoms with Crippen molar-refractivity contribution in [1.82, 2.24) is 0 Å². The molecule has 0 aliphatic carbocycles. The molecule has 0 radical (unpaired) electrons. The van der Waals surface area contributed by atoms with E-state index in [1.807, 2.05) is 0 Å². The molecule has 1 aliphatic rings. The van der Waals surface area contributed by atoms with Crippen LogP contribution in [0.3, 0.4) is 0 Å². The van der Waals surface area contributed by atoms with E-state index in [1.54, 1.807) is 0 Å². The van der Waals surface area contributed by atoms with Crippen molar-refractivity contribution in [2.24, 2.45) is 16.5 Å². The van der Waals surface area contributed by atoms with E-state index in [0.29, 0.717) is 5.57 Å². The van der Waals surface area contributed by atoms with Gasteiger partial charge in [-0.1, -0.05) is 0 Å². The molecule has 1 rings (SSSR count). The first-order valence-electron chi connectivity index (χ1n) is 2.96. The van der Waals surface area contributed by atoms with Gasteiger partial charge in [0.05, 0.1) is 0 Å². The van der Waals surface area contributed by atoms with Crippen LogP contribution in [0.4, 0.5) is 0 Å². The molecule has 1 heterocycles. The van der Waals surface area contributed by atoms with Crippen LogP contribution < -0.4 is 11.5 Å². The molecule has 11 heavy (non-hydrogen) atoms. The maximum atomic E-state index is 10.5.